The SMILES string of the molecule is CCOC(=O)Cn1c(C)cn(Cc2ccc(O)cc2)c1=O. The molecule has 0 fully saturated rings. The minimum atomic E-state index is -0.426. The summed E-state index contributed by atoms with van der Waals surface area (Å²) in [5.74, 6) is -0.243. The van der Waals surface area contributed by atoms with Crippen LogP contribution in [0.3, 0.4) is 0 Å². The standard InChI is InChI=1S/C15H18N2O4/c1-3-21-14(19)10-17-11(2)8-16(15(17)20)9-12-4-6-13(18)7-5-12/h4-8,18H,3,9-10H2,1-2H3. The van der Waals surface area contributed by atoms with E-state index < -0.39 is 5.97 Å². The zero-order valence-electron chi connectivity index (χ0n) is 12.1. The highest BCUT2D eigenvalue weighted by molar-refractivity contribution is 5.69. The van der Waals surface area contributed by atoms with E-state index in [1.54, 1.807) is 44.3 Å². The number of ether oxygens (including phenoxy) is 1. The number of carbonyl (C=O) groups is 1. The number of carbonyl (C=O) groups excluding carboxylic acids is 1. The first kappa shape index (κ1) is 14.9. The highest BCUT2D eigenvalue weighted by Crippen LogP contribution is 2.10. The Morgan fingerprint density at radius 2 is 1.95 bits per heavy atom. The molecule has 0 spiro atoms. The molecule has 0 atom stereocenters. The summed E-state index contributed by atoms with van der Waals surface area (Å²) in [4.78, 5) is 23.8. The molecule has 0 bridgehead atoms. The zero-order valence-corrected chi connectivity index (χ0v) is 12.1. The first-order valence-corrected chi connectivity index (χ1v) is 6.71. The van der Waals surface area contributed by atoms with E-state index in [9.17, 15) is 14.7 Å². The zero-order chi connectivity index (χ0) is 15.4. The molecule has 2 aromatic rings. The number of hydrogen-bond acceptors (Lipinski definition) is 4. The van der Waals surface area contributed by atoms with Crippen molar-refractivity contribution in [3.8, 4) is 5.75 Å². The Bertz CT molecular complexity index is 683. The third-order valence-corrected chi connectivity index (χ3v) is 3.13. The molecule has 6 heteroatoms. The van der Waals surface area contributed by atoms with Gasteiger partial charge in [-0.3, -0.25) is 13.9 Å². The van der Waals surface area contributed by atoms with E-state index in [1.807, 2.05) is 0 Å². The number of aryl methyl sites for hydroxylation is 1. The molecule has 0 saturated carbocycles. The van der Waals surface area contributed by atoms with Gasteiger partial charge < -0.3 is 9.84 Å². The minimum Gasteiger partial charge on any atom is -0.508 e. The average Bonchev–Trinajstić information content (AvgIpc) is 2.69. The third-order valence-electron chi connectivity index (χ3n) is 3.13. The van der Waals surface area contributed by atoms with E-state index >= 15 is 0 Å². The second kappa shape index (κ2) is 6.30. The molecule has 0 radical (unpaired) electrons. The Morgan fingerprint density at radius 3 is 2.57 bits per heavy atom. The Kier molecular flexibility index (Phi) is 4.47. The van der Waals surface area contributed by atoms with Crippen LogP contribution in [0.15, 0.2) is 35.3 Å². The van der Waals surface area contributed by atoms with Gasteiger partial charge in [0.15, 0.2) is 0 Å². The van der Waals surface area contributed by atoms with Crippen molar-refractivity contribution in [1.82, 2.24) is 9.13 Å². The summed E-state index contributed by atoms with van der Waals surface area (Å²) in [6.07, 6.45) is 1.70. The molecule has 1 N–H and O–H groups in total. The number of phenols is 1. The maximum absolute atomic E-state index is 12.3. The number of benzene rings is 1. The number of aromatic hydroxyl groups is 1. The van der Waals surface area contributed by atoms with E-state index in [0.29, 0.717) is 18.8 Å². The smallest absolute Gasteiger partial charge is 0.329 e. The predicted octanol–water partition coefficient (Wildman–Crippen LogP) is 1.28. The van der Waals surface area contributed by atoms with Gasteiger partial charge in [0.25, 0.3) is 0 Å². The summed E-state index contributed by atoms with van der Waals surface area (Å²) in [6, 6.07) is 6.64. The molecule has 0 unspecified atom stereocenters. The van der Waals surface area contributed by atoms with Gasteiger partial charge >= 0.3 is 11.7 Å². The number of aromatic nitrogens is 2. The van der Waals surface area contributed by atoms with Gasteiger partial charge in [0.05, 0.1) is 13.2 Å². The fourth-order valence-corrected chi connectivity index (χ4v) is 2.10. The van der Waals surface area contributed by atoms with E-state index in [2.05, 4.69) is 0 Å². The molecule has 1 aromatic heterocycles. The summed E-state index contributed by atoms with van der Waals surface area (Å²) >= 11 is 0. The molecule has 0 amide bonds. The number of hydrogen-bond donors (Lipinski definition) is 1. The van der Waals surface area contributed by atoms with Crippen molar-refractivity contribution in [1.29, 1.82) is 0 Å². The Balaban J connectivity index is 2.20. The highest BCUT2D eigenvalue weighted by Gasteiger charge is 2.12. The molecule has 0 aliphatic carbocycles. The first-order chi connectivity index (χ1) is 10.0. The van der Waals surface area contributed by atoms with Gasteiger partial charge in [-0.2, -0.15) is 0 Å². The van der Waals surface area contributed by atoms with Crippen LogP contribution in [0.5, 0.6) is 5.75 Å². The number of rotatable bonds is 5. The van der Waals surface area contributed by atoms with E-state index in [4.69, 9.17) is 4.74 Å². The molecule has 2 rings (SSSR count). The van der Waals surface area contributed by atoms with Crippen LogP contribution >= 0.6 is 0 Å². The van der Waals surface area contributed by atoms with Crippen molar-refractivity contribution < 1.29 is 14.6 Å². The van der Waals surface area contributed by atoms with Crippen LogP contribution in [0.4, 0.5) is 0 Å². The lowest BCUT2D eigenvalue weighted by molar-refractivity contribution is -0.143. The molecule has 6 nitrogen and oxygen atoms in total. The number of nitrogens with zero attached hydrogens (tertiary/aromatic N) is 2. The van der Waals surface area contributed by atoms with Crippen LogP contribution in [0.1, 0.15) is 18.2 Å². The molecule has 21 heavy (non-hydrogen) atoms. The highest BCUT2D eigenvalue weighted by atomic mass is 16.5. The Labute approximate surface area is 122 Å². The molecule has 1 heterocycles. The summed E-state index contributed by atoms with van der Waals surface area (Å²) in [5.41, 5.74) is 1.34. The van der Waals surface area contributed by atoms with Gasteiger partial charge in [-0.05, 0) is 31.5 Å². The van der Waals surface area contributed by atoms with Crippen LogP contribution in [-0.4, -0.2) is 26.8 Å². The molecular formula is C15H18N2O4. The fourth-order valence-electron chi connectivity index (χ4n) is 2.10. The Morgan fingerprint density at radius 1 is 1.29 bits per heavy atom. The van der Waals surface area contributed by atoms with E-state index in [0.717, 1.165) is 5.56 Å². The van der Waals surface area contributed by atoms with Gasteiger partial charge in [-0.15, -0.1) is 0 Å². The normalized spacial score (nSPS) is 10.6. The molecule has 0 saturated heterocycles. The summed E-state index contributed by atoms with van der Waals surface area (Å²) in [5, 5.41) is 9.25. The van der Waals surface area contributed by atoms with Crippen molar-refractivity contribution >= 4 is 5.97 Å². The van der Waals surface area contributed by atoms with E-state index in [1.165, 1.54) is 9.13 Å². The summed E-state index contributed by atoms with van der Waals surface area (Å²) in [6.45, 7) is 4.09. The first-order valence-electron chi connectivity index (χ1n) is 6.71. The molecule has 1 aromatic carbocycles. The second-order valence-electron chi connectivity index (χ2n) is 4.74. The van der Waals surface area contributed by atoms with Crippen LogP contribution in [-0.2, 0) is 22.6 Å². The van der Waals surface area contributed by atoms with Gasteiger partial charge in [0.2, 0.25) is 0 Å². The predicted molar refractivity (Wildman–Crippen MR) is 77.3 cm³/mol. The van der Waals surface area contributed by atoms with Gasteiger partial charge in [-0.1, -0.05) is 12.1 Å². The van der Waals surface area contributed by atoms with Crippen LogP contribution in [0.2, 0.25) is 0 Å². The molecule has 0 aliphatic heterocycles. The second-order valence-corrected chi connectivity index (χ2v) is 4.74. The largest absolute Gasteiger partial charge is 0.508 e. The summed E-state index contributed by atoms with van der Waals surface area (Å²) in [7, 11) is 0. The number of esters is 1. The topological polar surface area (TPSA) is 73.5 Å². The average molecular weight is 290 g/mol. The molecule has 0 aliphatic rings. The van der Waals surface area contributed by atoms with E-state index in [-0.39, 0.29) is 18.0 Å². The maximum Gasteiger partial charge on any atom is 0.329 e. The monoisotopic (exact) mass is 290 g/mol. The van der Waals surface area contributed by atoms with Crippen molar-refractivity contribution in [3.63, 3.8) is 0 Å². The van der Waals surface area contributed by atoms with Crippen molar-refractivity contribution in [2.45, 2.75) is 26.9 Å². The van der Waals surface area contributed by atoms with Crippen LogP contribution < -0.4 is 5.69 Å². The fraction of sp³-hybridized carbons (Fsp3) is 0.333. The van der Waals surface area contributed by atoms with Gasteiger partial charge in [0.1, 0.15) is 12.3 Å². The third kappa shape index (κ3) is 3.53. The van der Waals surface area contributed by atoms with Crippen molar-refractivity contribution in [3.05, 3.63) is 52.2 Å². The Hall–Kier alpha value is -2.50. The number of imidazole rings is 1. The lowest BCUT2D eigenvalue weighted by Crippen LogP contribution is -2.28. The lowest BCUT2D eigenvalue weighted by atomic mass is 10.2. The lowest BCUT2D eigenvalue weighted by Gasteiger charge is -2.04. The quantitative estimate of drug-likeness (QED) is 0.842. The minimum absolute atomic E-state index is 0.0823. The van der Waals surface area contributed by atoms with Crippen LogP contribution in [0.25, 0.3) is 0 Å². The molecule has 112 valence electrons. The van der Waals surface area contributed by atoms with Crippen molar-refractivity contribution in [2.24, 2.45) is 0 Å². The van der Waals surface area contributed by atoms with Crippen LogP contribution in [0, 0.1) is 6.92 Å². The maximum atomic E-state index is 12.3. The van der Waals surface area contributed by atoms with Crippen molar-refractivity contribution in [2.75, 3.05) is 6.61 Å². The van der Waals surface area contributed by atoms with Gasteiger partial charge in [-0.25, -0.2) is 4.79 Å². The number of phenolic OH excluding ortho intramolecular Hbond substituents is 1. The molecular weight excluding hydrogens is 272 g/mol. The summed E-state index contributed by atoms with van der Waals surface area (Å²) < 4.78 is 7.78. The van der Waals surface area contributed by atoms with Gasteiger partial charge in [0, 0.05) is 11.9 Å².